The zero-order valence-electron chi connectivity index (χ0n) is 11.8. The maximum Gasteiger partial charge on any atom is 0.224 e. The van der Waals surface area contributed by atoms with Gasteiger partial charge in [0.1, 0.15) is 5.82 Å². The molecule has 2 heterocycles. The third kappa shape index (κ3) is 2.83. The lowest BCUT2D eigenvalue weighted by atomic mass is 10.2. The number of unbranched alkanes of at least 4 members (excludes halogenated alkanes) is 1. The van der Waals surface area contributed by atoms with E-state index in [-0.39, 0.29) is 5.28 Å². The lowest BCUT2D eigenvalue weighted by Crippen LogP contribution is -2.19. The summed E-state index contributed by atoms with van der Waals surface area (Å²) in [4.78, 5) is 10.5. The first kappa shape index (κ1) is 13.8. The molecule has 0 spiro atoms. The molecule has 3 rings (SSSR count). The first-order valence-corrected chi connectivity index (χ1v) is 7.35. The number of hydrogen-bond donors (Lipinski definition) is 1. The number of benzene rings is 1. The number of fused-ring (bicyclic) bond motifs is 1. The third-order valence-electron chi connectivity index (χ3n) is 3.38. The molecule has 0 saturated heterocycles. The first-order valence-electron chi connectivity index (χ1n) is 6.98. The second kappa shape index (κ2) is 6.10. The van der Waals surface area contributed by atoms with Gasteiger partial charge in [0.2, 0.25) is 5.28 Å². The molecule has 1 N–H and O–H groups in total. The molecule has 21 heavy (non-hydrogen) atoms. The van der Waals surface area contributed by atoms with Crippen molar-refractivity contribution >= 4 is 34.0 Å². The second-order valence-corrected chi connectivity index (χ2v) is 5.14. The van der Waals surface area contributed by atoms with E-state index in [1.54, 1.807) is 6.20 Å². The number of aromatic nitrogens is 4. The van der Waals surface area contributed by atoms with E-state index in [0.29, 0.717) is 0 Å². The van der Waals surface area contributed by atoms with Crippen LogP contribution < -0.4 is 4.90 Å². The summed E-state index contributed by atoms with van der Waals surface area (Å²) >= 11 is 5.94. The van der Waals surface area contributed by atoms with E-state index >= 15 is 0 Å². The molecule has 0 amide bonds. The molecule has 0 unspecified atom stereocenters. The topological polar surface area (TPSA) is 57.7 Å². The van der Waals surface area contributed by atoms with Crippen LogP contribution in [0.25, 0.3) is 10.9 Å². The standard InChI is InChI=1S/C15H16ClN5/c1-2-3-9-21(14-7-8-17-15(16)19-14)13-6-4-5-12-11(13)10-18-20-12/h4-8,10H,2-3,9H2,1H3,(H,18,20). The molecule has 3 aromatic rings. The lowest BCUT2D eigenvalue weighted by molar-refractivity contribution is 0.780. The van der Waals surface area contributed by atoms with Crippen molar-refractivity contribution in [1.82, 2.24) is 20.2 Å². The van der Waals surface area contributed by atoms with Crippen molar-refractivity contribution < 1.29 is 0 Å². The Hall–Kier alpha value is -2.14. The number of nitrogens with zero attached hydrogens (tertiary/aromatic N) is 4. The highest BCUT2D eigenvalue weighted by molar-refractivity contribution is 6.28. The number of rotatable bonds is 5. The Labute approximate surface area is 128 Å². The molecular weight excluding hydrogens is 286 g/mol. The number of anilines is 2. The van der Waals surface area contributed by atoms with E-state index in [0.717, 1.165) is 41.8 Å². The third-order valence-corrected chi connectivity index (χ3v) is 3.56. The number of aromatic amines is 1. The number of H-pyrrole nitrogens is 1. The van der Waals surface area contributed by atoms with Crippen LogP contribution >= 0.6 is 11.6 Å². The van der Waals surface area contributed by atoms with Gasteiger partial charge in [0, 0.05) is 18.1 Å². The molecule has 0 bridgehead atoms. The van der Waals surface area contributed by atoms with Gasteiger partial charge in [0.25, 0.3) is 0 Å². The average Bonchev–Trinajstić information content (AvgIpc) is 2.97. The van der Waals surface area contributed by atoms with Crippen molar-refractivity contribution in [2.45, 2.75) is 19.8 Å². The minimum Gasteiger partial charge on any atom is -0.326 e. The van der Waals surface area contributed by atoms with Gasteiger partial charge in [-0.25, -0.2) is 9.97 Å². The van der Waals surface area contributed by atoms with Crippen molar-refractivity contribution in [3.8, 4) is 0 Å². The predicted octanol–water partition coefficient (Wildman–Crippen LogP) is 3.94. The summed E-state index contributed by atoms with van der Waals surface area (Å²) in [5.74, 6) is 0.803. The molecule has 0 saturated carbocycles. The fourth-order valence-corrected chi connectivity index (χ4v) is 2.48. The molecule has 2 aromatic heterocycles. The number of nitrogens with one attached hydrogen (secondary N) is 1. The molecule has 0 aliphatic heterocycles. The molecule has 5 nitrogen and oxygen atoms in total. The molecule has 0 aliphatic rings. The highest BCUT2D eigenvalue weighted by atomic mass is 35.5. The largest absolute Gasteiger partial charge is 0.326 e. The van der Waals surface area contributed by atoms with E-state index in [2.05, 4.69) is 38.1 Å². The van der Waals surface area contributed by atoms with Gasteiger partial charge in [0.05, 0.1) is 17.4 Å². The maximum atomic E-state index is 5.94. The van der Waals surface area contributed by atoms with E-state index < -0.39 is 0 Å². The van der Waals surface area contributed by atoms with Gasteiger partial charge in [0.15, 0.2) is 0 Å². The summed E-state index contributed by atoms with van der Waals surface area (Å²) in [6.45, 7) is 3.04. The van der Waals surface area contributed by atoms with Crippen LogP contribution in [0.5, 0.6) is 0 Å². The average molecular weight is 302 g/mol. The van der Waals surface area contributed by atoms with E-state index in [1.807, 2.05) is 24.4 Å². The van der Waals surface area contributed by atoms with Crippen molar-refractivity contribution in [3.63, 3.8) is 0 Å². The molecule has 0 atom stereocenters. The van der Waals surface area contributed by atoms with Crippen molar-refractivity contribution in [3.05, 3.63) is 41.9 Å². The van der Waals surface area contributed by atoms with Gasteiger partial charge in [-0.05, 0) is 36.2 Å². The summed E-state index contributed by atoms with van der Waals surface area (Å²) in [6.07, 6.45) is 5.69. The lowest BCUT2D eigenvalue weighted by Gasteiger charge is -2.24. The highest BCUT2D eigenvalue weighted by Crippen LogP contribution is 2.31. The SMILES string of the molecule is CCCCN(c1ccnc(Cl)n1)c1cccc2[nH]ncc12. The normalized spacial score (nSPS) is 11.0. The Morgan fingerprint density at radius 3 is 3.00 bits per heavy atom. The van der Waals surface area contributed by atoms with Crippen LogP contribution in [0.15, 0.2) is 36.7 Å². The molecule has 0 aliphatic carbocycles. The van der Waals surface area contributed by atoms with E-state index in [9.17, 15) is 0 Å². The van der Waals surface area contributed by atoms with Gasteiger partial charge in [-0.3, -0.25) is 5.10 Å². The van der Waals surface area contributed by atoms with Gasteiger partial charge < -0.3 is 4.90 Å². The minimum atomic E-state index is 0.258. The smallest absolute Gasteiger partial charge is 0.224 e. The van der Waals surface area contributed by atoms with Crippen LogP contribution in [0.1, 0.15) is 19.8 Å². The van der Waals surface area contributed by atoms with Crippen LogP contribution in [0.2, 0.25) is 5.28 Å². The Morgan fingerprint density at radius 2 is 2.19 bits per heavy atom. The predicted molar refractivity (Wildman–Crippen MR) is 85.0 cm³/mol. The van der Waals surface area contributed by atoms with Crippen LogP contribution in [0.4, 0.5) is 11.5 Å². The summed E-state index contributed by atoms with van der Waals surface area (Å²) in [7, 11) is 0. The van der Waals surface area contributed by atoms with Gasteiger partial charge in [-0.15, -0.1) is 0 Å². The Bertz CT molecular complexity index is 740. The zero-order valence-corrected chi connectivity index (χ0v) is 12.5. The molecule has 6 heteroatoms. The Morgan fingerprint density at radius 1 is 1.29 bits per heavy atom. The van der Waals surface area contributed by atoms with Crippen LogP contribution in [0, 0.1) is 0 Å². The first-order chi connectivity index (χ1) is 10.3. The molecular formula is C15H16ClN5. The van der Waals surface area contributed by atoms with E-state index in [4.69, 9.17) is 11.6 Å². The van der Waals surface area contributed by atoms with Gasteiger partial charge in [-0.2, -0.15) is 5.10 Å². The van der Waals surface area contributed by atoms with Gasteiger partial charge in [-0.1, -0.05) is 19.4 Å². The van der Waals surface area contributed by atoms with Crippen LogP contribution in [-0.4, -0.2) is 26.7 Å². The quantitative estimate of drug-likeness (QED) is 0.725. The fourth-order valence-electron chi connectivity index (χ4n) is 2.34. The van der Waals surface area contributed by atoms with Crippen LogP contribution in [0.3, 0.4) is 0 Å². The molecule has 0 fully saturated rings. The Balaban J connectivity index is 2.08. The second-order valence-electron chi connectivity index (χ2n) is 4.80. The fraction of sp³-hybridized carbons (Fsp3) is 0.267. The maximum absolute atomic E-state index is 5.94. The summed E-state index contributed by atoms with van der Waals surface area (Å²) < 4.78 is 0. The molecule has 0 radical (unpaired) electrons. The van der Waals surface area contributed by atoms with E-state index in [1.165, 1.54) is 0 Å². The van der Waals surface area contributed by atoms with Crippen molar-refractivity contribution in [2.24, 2.45) is 0 Å². The number of hydrogen-bond acceptors (Lipinski definition) is 4. The zero-order chi connectivity index (χ0) is 14.7. The highest BCUT2D eigenvalue weighted by Gasteiger charge is 2.14. The monoisotopic (exact) mass is 301 g/mol. The molecule has 1 aromatic carbocycles. The van der Waals surface area contributed by atoms with Crippen LogP contribution in [-0.2, 0) is 0 Å². The molecule has 108 valence electrons. The number of halogens is 1. The summed E-state index contributed by atoms with van der Waals surface area (Å²) in [6, 6.07) is 7.97. The van der Waals surface area contributed by atoms with Gasteiger partial charge >= 0.3 is 0 Å². The summed E-state index contributed by atoms with van der Waals surface area (Å²) in [5.41, 5.74) is 2.08. The minimum absolute atomic E-state index is 0.258. The summed E-state index contributed by atoms with van der Waals surface area (Å²) in [5, 5.41) is 8.45. The van der Waals surface area contributed by atoms with Crippen molar-refractivity contribution in [2.75, 3.05) is 11.4 Å². The Kier molecular flexibility index (Phi) is 4.01. The van der Waals surface area contributed by atoms with Crippen molar-refractivity contribution in [1.29, 1.82) is 0 Å².